The summed E-state index contributed by atoms with van der Waals surface area (Å²) in [6, 6.07) is 0.427. The molecule has 1 unspecified atom stereocenters. The SMILES string of the molecule is CSc1nc(NC(C)C2CCCCC2)c2cnn(C(C)(C)C)c2n1. The van der Waals surface area contributed by atoms with Gasteiger partial charge in [0.25, 0.3) is 0 Å². The van der Waals surface area contributed by atoms with Crippen LogP contribution in [0.4, 0.5) is 5.82 Å². The molecule has 24 heavy (non-hydrogen) atoms. The topological polar surface area (TPSA) is 55.6 Å². The summed E-state index contributed by atoms with van der Waals surface area (Å²) in [6.07, 6.45) is 10.7. The molecule has 1 fully saturated rings. The molecule has 2 aromatic heterocycles. The van der Waals surface area contributed by atoms with Crippen LogP contribution in [0, 0.1) is 5.92 Å². The number of aromatic nitrogens is 4. The molecular formula is C18H29N5S. The fourth-order valence-electron chi connectivity index (χ4n) is 3.55. The van der Waals surface area contributed by atoms with Crippen LogP contribution in [0.25, 0.3) is 11.0 Å². The van der Waals surface area contributed by atoms with Crippen molar-refractivity contribution in [3.63, 3.8) is 0 Å². The third-order valence-electron chi connectivity index (χ3n) is 4.95. The largest absolute Gasteiger partial charge is 0.367 e. The molecule has 1 aliphatic carbocycles. The molecule has 1 saturated carbocycles. The summed E-state index contributed by atoms with van der Waals surface area (Å²) in [6.45, 7) is 8.74. The van der Waals surface area contributed by atoms with Gasteiger partial charge >= 0.3 is 0 Å². The first-order valence-corrected chi connectivity index (χ1v) is 10.2. The van der Waals surface area contributed by atoms with Crippen LogP contribution in [-0.4, -0.2) is 32.0 Å². The first-order valence-electron chi connectivity index (χ1n) is 8.97. The van der Waals surface area contributed by atoms with E-state index in [1.54, 1.807) is 11.8 Å². The van der Waals surface area contributed by atoms with Gasteiger partial charge in [-0.2, -0.15) is 5.10 Å². The number of hydrogen-bond donors (Lipinski definition) is 1. The second kappa shape index (κ2) is 6.90. The lowest BCUT2D eigenvalue weighted by Gasteiger charge is -2.28. The number of rotatable bonds is 4. The van der Waals surface area contributed by atoms with E-state index < -0.39 is 0 Å². The van der Waals surface area contributed by atoms with E-state index in [4.69, 9.17) is 9.97 Å². The van der Waals surface area contributed by atoms with Gasteiger partial charge in [0, 0.05) is 6.04 Å². The zero-order valence-electron chi connectivity index (χ0n) is 15.5. The normalized spacial score (nSPS) is 18.0. The van der Waals surface area contributed by atoms with Crippen LogP contribution in [0.2, 0.25) is 0 Å². The third-order valence-corrected chi connectivity index (χ3v) is 5.49. The van der Waals surface area contributed by atoms with Crippen LogP contribution < -0.4 is 5.32 Å². The van der Waals surface area contributed by atoms with E-state index in [1.807, 2.05) is 17.1 Å². The number of anilines is 1. The molecule has 0 amide bonds. The fourth-order valence-corrected chi connectivity index (χ4v) is 3.91. The quantitative estimate of drug-likeness (QED) is 0.642. The van der Waals surface area contributed by atoms with E-state index in [2.05, 4.69) is 38.1 Å². The summed E-state index contributed by atoms with van der Waals surface area (Å²) in [4.78, 5) is 9.45. The Morgan fingerprint density at radius 1 is 1.21 bits per heavy atom. The minimum absolute atomic E-state index is 0.0992. The van der Waals surface area contributed by atoms with Gasteiger partial charge in [0.2, 0.25) is 0 Å². The molecule has 0 aliphatic heterocycles. The predicted octanol–water partition coefficient (Wildman–Crippen LogP) is 4.68. The zero-order valence-corrected chi connectivity index (χ0v) is 16.3. The van der Waals surface area contributed by atoms with Crippen molar-refractivity contribution in [1.82, 2.24) is 19.7 Å². The number of hydrogen-bond acceptors (Lipinski definition) is 5. The van der Waals surface area contributed by atoms with Gasteiger partial charge in [-0.05, 0) is 52.7 Å². The zero-order chi connectivity index (χ0) is 17.3. The van der Waals surface area contributed by atoms with Gasteiger partial charge in [-0.25, -0.2) is 14.6 Å². The van der Waals surface area contributed by atoms with Crippen molar-refractivity contribution in [3.8, 4) is 0 Å². The molecule has 1 atom stereocenters. The second-order valence-corrected chi connectivity index (χ2v) is 8.63. The smallest absolute Gasteiger partial charge is 0.191 e. The Morgan fingerprint density at radius 3 is 2.54 bits per heavy atom. The molecule has 5 nitrogen and oxygen atoms in total. The standard InChI is InChI=1S/C18H29N5S/c1-12(13-9-7-6-8-10-13)20-15-14-11-19-23(18(2,3)4)16(14)22-17(21-15)24-5/h11-13H,6-10H2,1-5H3,(H,20,21,22). The highest BCUT2D eigenvalue weighted by atomic mass is 32.2. The summed E-state index contributed by atoms with van der Waals surface area (Å²) in [7, 11) is 0. The molecule has 132 valence electrons. The lowest BCUT2D eigenvalue weighted by atomic mass is 9.84. The lowest BCUT2D eigenvalue weighted by Crippen LogP contribution is -2.28. The van der Waals surface area contributed by atoms with E-state index in [9.17, 15) is 0 Å². The molecule has 1 aliphatic rings. The van der Waals surface area contributed by atoms with Crippen molar-refractivity contribution >= 4 is 28.6 Å². The van der Waals surface area contributed by atoms with Crippen LogP contribution in [0.1, 0.15) is 59.8 Å². The Kier molecular flexibility index (Phi) is 5.04. The van der Waals surface area contributed by atoms with Gasteiger partial charge in [0.15, 0.2) is 10.8 Å². The molecule has 2 aromatic rings. The van der Waals surface area contributed by atoms with Gasteiger partial charge < -0.3 is 5.32 Å². The molecule has 0 aromatic carbocycles. The molecule has 3 rings (SSSR count). The molecule has 0 bridgehead atoms. The number of thioether (sulfide) groups is 1. The Labute approximate surface area is 149 Å². The Balaban J connectivity index is 1.96. The fraction of sp³-hybridized carbons (Fsp3) is 0.722. The Bertz CT molecular complexity index is 697. The lowest BCUT2D eigenvalue weighted by molar-refractivity contribution is 0.328. The average Bonchev–Trinajstić information content (AvgIpc) is 3.00. The van der Waals surface area contributed by atoms with Crippen molar-refractivity contribution < 1.29 is 0 Å². The highest BCUT2D eigenvalue weighted by Crippen LogP contribution is 2.31. The second-order valence-electron chi connectivity index (χ2n) is 7.85. The predicted molar refractivity (Wildman–Crippen MR) is 102 cm³/mol. The van der Waals surface area contributed by atoms with E-state index in [-0.39, 0.29) is 5.54 Å². The highest BCUT2D eigenvalue weighted by Gasteiger charge is 2.24. The van der Waals surface area contributed by atoms with Crippen molar-refractivity contribution in [1.29, 1.82) is 0 Å². The summed E-state index contributed by atoms with van der Waals surface area (Å²) >= 11 is 1.58. The van der Waals surface area contributed by atoms with Crippen LogP contribution in [0.5, 0.6) is 0 Å². The van der Waals surface area contributed by atoms with Crippen molar-refractivity contribution in [2.45, 2.75) is 76.5 Å². The first kappa shape index (κ1) is 17.5. The van der Waals surface area contributed by atoms with Crippen LogP contribution in [0.15, 0.2) is 11.4 Å². The summed E-state index contributed by atoms with van der Waals surface area (Å²) < 4.78 is 2.00. The molecular weight excluding hydrogens is 318 g/mol. The Morgan fingerprint density at radius 2 is 1.92 bits per heavy atom. The van der Waals surface area contributed by atoms with Gasteiger partial charge in [0.05, 0.1) is 17.1 Å². The summed E-state index contributed by atoms with van der Waals surface area (Å²) in [5, 5.41) is 10.1. The number of nitrogens with zero attached hydrogens (tertiary/aromatic N) is 4. The monoisotopic (exact) mass is 347 g/mol. The first-order chi connectivity index (χ1) is 11.4. The van der Waals surface area contributed by atoms with Crippen molar-refractivity contribution in [2.75, 3.05) is 11.6 Å². The van der Waals surface area contributed by atoms with E-state index in [0.717, 1.165) is 27.9 Å². The van der Waals surface area contributed by atoms with E-state index in [1.165, 1.54) is 32.1 Å². The maximum Gasteiger partial charge on any atom is 0.191 e. The van der Waals surface area contributed by atoms with Crippen LogP contribution in [0.3, 0.4) is 0 Å². The van der Waals surface area contributed by atoms with Gasteiger partial charge in [0.1, 0.15) is 5.82 Å². The molecule has 1 N–H and O–H groups in total. The van der Waals surface area contributed by atoms with Gasteiger partial charge in [-0.3, -0.25) is 0 Å². The van der Waals surface area contributed by atoms with Gasteiger partial charge in [-0.1, -0.05) is 31.0 Å². The summed E-state index contributed by atoms with van der Waals surface area (Å²) in [5.41, 5.74) is 0.818. The van der Waals surface area contributed by atoms with Gasteiger partial charge in [-0.15, -0.1) is 0 Å². The minimum Gasteiger partial charge on any atom is -0.367 e. The maximum absolute atomic E-state index is 4.74. The average molecular weight is 348 g/mol. The summed E-state index contributed by atoms with van der Waals surface area (Å²) in [5.74, 6) is 1.66. The highest BCUT2D eigenvalue weighted by molar-refractivity contribution is 7.98. The van der Waals surface area contributed by atoms with Crippen LogP contribution in [-0.2, 0) is 5.54 Å². The number of fused-ring (bicyclic) bond motifs is 1. The van der Waals surface area contributed by atoms with Crippen LogP contribution >= 0.6 is 11.8 Å². The van der Waals surface area contributed by atoms with E-state index in [0.29, 0.717) is 6.04 Å². The number of nitrogens with one attached hydrogen (secondary N) is 1. The Hall–Kier alpha value is -1.30. The molecule has 0 spiro atoms. The van der Waals surface area contributed by atoms with Crippen molar-refractivity contribution in [3.05, 3.63) is 6.20 Å². The molecule has 0 radical (unpaired) electrons. The van der Waals surface area contributed by atoms with Crippen molar-refractivity contribution in [2.24, 2.45) is 5.92 Å². The maximum atomic E-state index is 4.74. The molecule has 0 saturated heterocycles. The van der Waals surface area contributed by atoms with E-state index >= 15 is 0 Å². The molecule has 2 heterocycles. The molecule has 6 heteroatoms. The third kappa shape index (κ3) is 3.53. The minimum atomic E-state index is -0.0992.